The van der Waals surface area contributed by atoms with E-state index in [4.69, 9.17) is 5.73 Å². The summed E-state index contributed by atoms with van der Waals surface area (Å²) < 4.78 is 0. The maximum atomic E-state index is 9.89. The van der Waals surface area contributed by atoms with E-state index in [2.05, 4.69) is 30.3 Å². The summed E-state index contributed by atoms with van der Waals surface area (Å²) in [5.41, 5.74) is 7.02. The van der Waals surface area contributed by atoms with Gasteiger partial charge in [0.2, 0.25) is 6.41 Å². The van der Waals surface area contributed by atoms with Gasteiger partial charge in [0, 0.05) is 13.1 Å². The molecule has 0 saturated heterocycles. The van der Waals surface area contributed by atoms with Gasteiger partial charge >= 0.3 is 0 Å². The monoisotopic (exact) mass is 278 g/mol. The molecule has 0 radical (unpaired) electrons. The second kappa shape index (κ2) is 11.5. The summed E-state index contributed by atoms with van der Waals surface area (Å²) in [6.07, 6.45) is 2.15. The van der Waals surface area contributed by atoms with Crippen molar-refractivity contribution in [2.24, 2.45) is 11.7 Å². The molecule has 0 bridgehead atoms. The van der Waals surface area contributed by atoms with Crippen LogP contribution >= 0.6 is 0 Å². The fourth-order valence-electron chi connectivity index (χ4n) is 1.99. The predicted molar refractivity (Wildman–Crippen MR) is 86.7 cm³/mol. The molecule has 1 unspecified atom stereocenters. The lowest BCUT2D eigenvalue weighted by molar-refractivity contribution is -0.117. The Labute approximate surface area is 124 Å². The van der Waals surface area contributed by atoms with Crippen molar-refractivity contribution in [2.75, 3.05) is 19.6 Å². The fourth-order valence-corrected chi connectivity index (χ4v) is 1.99. The number of nitrogens with zero attached hydrogens (tertiary/aromatic N) is 1. The molecule has 0 spiro atoms. The summed E-state index contributed by atoms with van der Waals surface area (Å²) in [6.45, 7) is 10.4. The number of amides is 1. The lowest BCUT2D eigenvalue weighted by Gasteiger charge is -2.08. The molecule has 3 nitrogen and oxygen atoms in total. The number of nitrogens with two attached hydrogens (primary N) is 1. The minimum absolute atomic E-state index is 0.761. The molecule has 1 aromatic rings. The van der Waals surface area contributed by atoms with Crippen molar-refractivity contribution in [2.45, 2.75) is 40.0 Å². The van der Waals surface area contributed by atoms with Crippen LogP contribution in [-0.2, 0) is 4.79 Å². The van der Waals surface area contributed by atoms with Crippen molar-refractivity contribution in [1.29, 1.82) is 0 Å². The van der Waals surface area contributed by atoms with Crippen LogP contribution in [0, 0.1) is 5.92 Å². The van der Waals surface area contributed by atoms with Crippen molar-refractivity contribution in [3.8, 4) is 0 Å². The second-order valence-corrected chi connectivity index (χ2v) is 4.58. The van der Waals surface area contributed by atoms with Gasteiger partial charge in [-0.3, -0.25) is 4.79 Å². The van der Waals surface area contributed by atoms with Crippen LogP contribution in [0.4, 0.5) is 0 Å². The molecular formula is C17H30N2O. The van der Waals surface area contributed by atoms with E-state index in [9.17, 15) is 4.79 Å². The minimum Gasteiger partial charge on any atom is -0.346 e. The molecule has 1 aromatic carbocycles. The molecule has 0 aromatic heterocycles. The average molecular weight is 278 g/mol. The van der Waals surface area contributed by atoms with Crippen molar-refractivity contribution < 1.29 is 4.79 Å². The molecule has 20 heavy (non-hydrogen) atoms. The largest absolute Gasteiger partial charge is 0.346 e. The Bertz CT molecular complexity index is 336. The predicted octanol–water partition coefficient (Wildman–Crippen LogP) is 3.26. The lowest BCUT2D eigenvalue weighted by atomic mass is 10.1. The molecule has 1 saturated carbocycles. The third kappa shape index (κ3) is 6.71. The van der Waals surface area contributed by atoms with Crippen LogP contribution in [0.1, 0.15) is 45.6 Å². The molecule has 2 N–H and O–H groups in total. The molecule has 3 heteroatoms. The average Bonchev–Trinajstić information content (AvgIpc) is 3.32. The van der Waals surface area contributed by atoms with Gasteiger partial charge in [-0.05, 0) is 44.2 Å². The van der Waals surface area contributed by atoms with Gasteiger partial charge in [-0.15, -0.1) is 0 Å². The molecule has 0 heterocycles. The molecule has 2 atom stereocenters. The first-order valence-corrected chi connectivity index (χ1v) is 7.71. The Balaban J connectivity index is 0.000000352. The summed E-state index contributed by atoms with van der Waals surface area (Å²) in [5, 5.41) is 0. The molecule has 0 aliphatic heterocycles. The van der Waals surface area contributed by atoms with Crippen LogP contribution < -0.4 is 5.73 Å². The minimum atomic E-state index is 0.761. The molecule has 1 fully saturated rings. The van der Waals surface area contributed by atoms with E-state index >= 15 is 0 Å². The normalized spacial score (nSPS) is 18.9. The summed E-state index contributed by atoms with van der Waals surface area (Å²) in [5.74, 6) is 1.53. The molecule has 2 rings (SSSR count). The Kier molecular flexibility index (Phi) is 10.7. The Morgan fingerprint density at radius 3 is 2.05 bits per heavy atom. The second-order valence-electron chi connectivity index (χ2n) is 4.58. The Morgan fingerprint density at radius 1 is 1.20 bits per heavy atom. The van der Waals surface area contributed by atoms with E-state index in [1.165, 1.54) is 12.0 Å². The lowest BCUT2D eigenvalue weighted by Crippen LogP contribution is -2.19. The van der Waals surface area contributed by atoms with Gasteiger partial charge in [-0.1, -0.05) is 44.2 Å². The zero-order valence-electron chi connectivity index (χ0n) is 13.4. The smallest absolute Gasteiger partial charge is 0.209 e. The highest BCUT2D eigenvalue weighted by Crippen LogP contribution is 2.46. The van der Waals surface area contributed by atoms with Crippen LogP contribution in [0.15, 0.2) is 30.3 Å². The van der Waals surface area contributed by atoms with Crippen molar-refractivity contribution >= 4 is 6.41 Å². The van der Waals surface area contributed by atoms with E-state index in [1.54, 1.807) is 4.90 Å². The SMILES string of the molecule is CC.CCN(C=O)CC.NC[C@H]1CC1c1ccccc1. The highest BCUT2D eigenvalue weighted by molar-refractivity contribution is 5.46. The summed E-state index contributed by atoms with van der Waals surface area (Å²) in [6, 6.07) is 10.6. The third-order valence-corrected chi connectivity index (χ3v) is 3.41. The summed E-state index contributed by atoms with van der Waals surface area (Å²) in [4.78, 5) is 11.6. The first-order valence-electron chi connectivity index (χ1n) is 7.71. The van der Waals surface area contributed by atoms with E-state index < -0.39 is 0 Å². The zero-order valence-corrected chi connectivity index (χ0v) is 13.4. The number of benzene rings is 1. The highest BCUT2D eigenvalue weighted by atomic mass is 16.1. The Morgan fingerprint density at radius 2 is 1.75 bits per heavy atom. The van der Waals surface area contributed by atoms with Crippen LogP contribution in [0.25, 0.3) is 0 Å². The highest BCUT2D eigenvalue weighted by Gasteiger charge is 2.36. The van der Waals surface area contributed by atoms with Gasteiger partial charge in [0.15, 0.2) is 0 Å². The van der Waals surface area contributed by atoms with E-state index in [0.29, 0.717) is 0 Å². The van der Waals surface area contributed by atoms with E-state index in [-0.39, 0.29) is 0 Å². The van der Waals surface area contributed by atoms with Crippen LogP contribution in [0.2, 0.25) is 0 Å². The number of rotatable bonds is 5. The van der Waals surface area contributed by atoms with Gasteiger partial charge in [0.1, 0.15) is 0 Å². The molecule has 1 amide bonds. The number of carbonyl (C=O) groups excluding carboxylic acids is 1. The van der Waals surface area contributed by atoms with Gasteiger partial charge in [-0.25, -0.2) is 0 Å². The van der Waals surface area contributed by atoms with Crippen LogP contribution in [0.3, 0.4) is 0 Å². The molecular weight excluding hydrogens is 248 g/mol. The van der Waals surface area contributed by atoms with Crippen molar-refractivity contribution in [3.05, 3.63) is 35.9 Å². The summed E-state index contributed by atoms with van der Waals surface area (Å²) in [7, 11) is 0. The number of hydrogen-bond acceptors (Lipinski definition) is 2. The van der Waals surface area contributed by atoms with Gasteiger partial charge < -0.3 is 10.6 Å². The van der Waals surface area contributed by atoms with E-state index in [1.807, 2.05) is 27.7 Å². The van der Waals surface area contributed by atoms with Crippen molar-refractivity contribution in [3.63, 3.8) is 0 Å². The Hall–Kier alpha value is -1.35. The van der Waals surface area contributed by atoms with Crippen molar-refractivity contribution in [1.82, 2.24) is 4.90 Å². The molecule has 1 aliphatic carbocycles. The topological polar surface area (TPSA) is 46.3 Å². The first kappa shape index (κ1) is 18.7. The summed E-state index contributed by atoms with van der Waals surface area (Å²) >= 11 is 0. The van der Waals surface area contributed by atoms with Crippen LogP contribution in [0.5, 0.6) is 0 Å². The standard InChI is InChI=1S/C10H13N.C5H11NO.C2H6/c11-7-9-6-10(9)8-4-2-1-3-5-8;1-3-6(4-2)5-7;1-2/h1-5,9-10H,6-7,11H2;5H,3-4H2,1-2H3;1-2H3/t9-,10?;;/m1../s1. The first-order chi connectivity index (χ1) is 9.76. The maximum Gasteiger partial charge on any atom is 0.209 e. The van der Waals surface area contributed by atoms with Gasteiger partial charge in [-0.2, -0.15) is 0 Å². The molecule has 1 aliphatic rings. The molecule has 114 valence electrons. The third-order valence-electron chi connectivity index (χ3n) is 3.41. The number of carbonyl (C=O) groups is 1. The number of hydrogen-bond donors (Lipinski definition) is 1. The maximum absolute atomic E-state index is 9.89. The fraction of sp³-hybridized carbons (Fsp3) is 0.588. The zero-order chi connectivity index (χ0) is 15.4. The van der Waals surface area contributed by atoms with Gasteiger partial charge in [0.25, 0.3) is 0 Å². The van der Waals surface area contributed by atoms with Crippen LogP contribution in [-0.4, -0.2) is 30.9 Å². The van der Waals surface area contributed by atoms with E-state index in [0.717, 1.165) is 37.9 Å². The quantitative estimate of drug-likeness (QED) is 0.840. The van der Waals surface area contributed by atoms with Gasteiger partial charge in [0.05, 0.1) is 0 Å².